The summed E-state index contributed by atoms with van der Waals surface area (Å²) in [5, 5.41) is 3.63. The van der Waals surface area contributed by atoms with Crippen LogP contribution >= 0.6 is 11.6 Å². The van der Waals surface area contributed by atoms with E-state index in [4.69, 9.17) is 22.1 Å². The van der Waals surface area contributed by atoms with Crippen LogP contribution in [0.1, 0.15) is 36.7 Å². The number of aromatic nitrogens is 3. The Balaban J connectivity index is 1.42. The smallest absolute Gasteiger partial charge is 0.320 e. The standard InChI is InChI=1S/C27H32ClN7O3/c1-27(2,3)38-24(36)17-35-12-10-34(11-13-35)16-19-14-20(5-6-21(19)25(29)37)32-26-30-9-8-22(33-26)18-4-7-23(28)31-15-18/h4-9,14-15H,10-13,16-17H2,1-3H3,(H2,29,37)(H,30,32,33). The highest BCUT2D eigenvalue weighted by molar-refractivity contribution is 6.29. The Labute approximate surface area is 227 Å². The van der Waals surface area contributed by atoms with Crippen LogP contribution in [0, 0.1) is 0 Å². The molecule has 1 fully saturated rings. The van der Waals surface area contributed by atoms with E-state index < -0.39 is 11.5 Å². The van der Waals surface area contributed by atoms with Crippen molar-refractivity contribution in [2.24, 2.45) is 5.73 Å². The largest absolute Gasteiger partial charge is 0.459 e. The number of amides is 1. The summed E-state index contributed by atoms with van der Waals surface area (Å²) in [5.74, 6) is -0.297. The van der Waals surface area contributed by atoms with Gasteiger partial charge in [-0.2, -0.15) is 0 Å². The number of carbonyl (C=O) groups excluding carboxylic acids is 2. The van der Waals surface area contributed by atoms with Crippen LogP contribution in [0.25, 0.3) is 11.3 Å². The van der Waals surface area contributed by atoms with Crippen molar-refractivity contribution in [3.63, 3.8) is 0 Å². The molecule has 1 saturated heterocycles. The number of pyridine rings is 1. The molecular weight excluding hydrogens is 506 g/mol. The molecule has 1 amide bonds. The Morgan fingerprint density at radius 1 is 1.05 bits per heavy atom. The van der Waals surface area contributed by atoms with Crippen molar-refractivity contribution in [2.45, 2.75) is 32.9 Å². The molecule has 0 aliphatic carbocycles. The van der Waals surface area contributed by atoms with Crippen LogP contribution in [0.5, 0.6) is 0 Å². The molecule has 0 bridgehead atoms. The second-order valence-corrected chi connectivity index (χ2v) is 10.5. The quantitative estimate of drug-likeness (QED) is 0.328. The second-order valence-electron chi connectivity index (χ2n) is 10.1. The molecular formula is C27H32ClN7O3. The van der Waals surface area contributed by atoms with E-state index in [-0.39, 0.29) is 12.5 Å². The van der Waals surface area contributed by atoms with Gasteiger partial charge in [-0.25, -0.2) is 15.0 Å². The third-order valence-corrected chi connectivity index (χ3v) is 6.16. The van der Waals surface area contributed by atoms with E-state index in [2.05, 4.69) is 30.1 Å². The van der Waals surface area contributed by atoms with Gasteiger partial charge in [-0.1, -0.05) is 11.6 Å². The van der Waals surface area contributed by atoms with Crippen molar-refractivity contribution >= 4 is 35.1 Å². The maximum absolute atomic E-state index is 12.2. The van der Waals surface area contributed by atoms with E-state index >= 15 is 0 Å². The maximum Gasteiger partial charge on any atom is 0.320 e. The Morgan fingerprint density at radius 2 is 1.79 bits per heavy atom. The first-order valence-corrected chi connectivity index (χ1v) is 12.7. The number of esters is 1. The first-order valence-electron chi connectivity index (χ1n) is 12.4. The molecule has 1 aliphatic rings. The van der Waals surface area contributed by atoms with Gasteiger partial charge in [0.15, 0.2) is 0 Å². The monoisotopic (exact) mass is 537 g/mol. The van der Waals surface area contributed by atoms with Gasteiger partial charge in [0.1, 0.15) is 10.8 Å². The number of ether oxygens (including phenoxy) is 1. The van der Waals surface area contributed by atoms with E-state index in [1.165, 1.54) is 0 Å². The van der Waals surface area contributed by atoms with E-state index in [0.29, 0.717) is 28.9 Å². The van der Waals surface area contributed by atoms with Gasteiger partial charge < -0.3 is 15.8 Å². The molecule has 3 heterocycles. The minimum absolute atomic E-state index is 0.223. The van der Waals surface area contributed by atoms with Crippen molar-refractivity contribution in [3.05, 3.63) is 65.1 Å². The van der Waals surface area contributed by atoms with Crippen molar-refractivity contribution in [3.8, 4) is 11.3 Å². The molecule has 10 nitrogen and oxygen atoms in total. The van der Waals surface area contributed by atoms with E-state index in [9.17, 15) is 9.59 Å². The lowest BCUT2D eigenvalue weighted by Crippen LogP contribution is -2.48. The number of hydrogen-bond donors (Lipinski definition) is 2. The van der Waals surface area contributed by atoms with Crippen LogP contribution in [0.15, 0.2) is 48.8 Å². The van der Waals surface area contributed by atoms with Crippen LogP contribution < -0.4 is 11.1 Å². The molecule has 0 spiro atoms. The summed E-state index contributed by atoms with van der Waals surface area (Å²) in [6.07, 6.45) is 3.32. The number of rotatable bonds is 8. The summed E-state index contributed by atoms with van der Waals surface area (Å²) in [4.78, 5) is 41.6. The molecule has 0 unspecified atom stereocenters. The van der Waals surface area contributed by atoms with Crippen LogP contribution in [-0.2, 0) is 16.1 Å². The molecule has 2 aromatic heterocycles. The molecule has 1 aliphatic heterocycles. The number of anilines is 2. The van der Waals surface area contributed by atoms with E-state index in [0.717, 1.165) is 43.0 Å². The number of primary amides is 1. The van der Waals surface area contributed by atoms with Crippen LogP contribution in [-0.4, -0.2) is 75.0 Å². The highest BCUT2D eigenvalue weighted by Gasteiger charge is 2.23. The van der Waals surface area contributed by atoms with Crippen LogP contribution in [0.3, 0.4) is 0 Å². The van der Waals surface area contributed by atoms with E-state index in [1.807, 2.05) is 32.9 Å². The lowest BCUT2D eigenvalue weighted by molar-refractivity contribution is -0.156. The summed E-state index contributed by atoms with van der Waals surface area (Å²) in [6, 6.07) is 10.7. The number of piperazine rings is 1. The lowest BCUT2D eigenvalue weighted by atomic mass is 10.0. The first-order chi connectivity index (χ1) is 18.1. The average Bonchev–Trinajstić information content (AvgIpc) is 2.85. The fourth-order valence-electron chi connectivity index (χ4n) is 4.18. The molecule has 1 aromatic carbocycles. The Kier molecular flexibility index (Phi) is 8.55. The van der Waals surface area contributed by atoms with Crippen molar-refractivity contribution < 1.29 is 14.3 Å². The van der Waals surface area contributed by atoms with Gasteiger partial charge in [-0.3, -0.25) is 19.4 Å². The third kappa shape index (κ3) is 7.70. The number of carbonyl (C=O) groups is 2. The fourth-order valence-corrected chi connectivity index (χ4v) is 4.29. The topological polar surface area (TPSA) is 127 Å². The van der Waals surface area contributed by atoms with Gasteiger partial charge in [0, 0.05) is 61.9 Å². The van der Waals surface area contributed by atoms with Crippen LogP contribution in [0.4, 0.5) is 11.6 Å². The number of nitrogens with zero attached hydrogens (tertiary/aromatic N) is 5. The predicted octanol–water partition coefficient (Wildman–Crippen LogP) is 3.49. The second kappa shape index (κ2) is 11.8. The average molecular weight is 538 g/mol. The molecule has 0 saturated carbocycles. The molecule has 4 rings (SSSR count). The lowest BCUT2D eigenvalue weighted by Gasteiger charge is -2.35. The van der Waals surface area contributed by atoms with Crippen molar-refractivity contribution in [1.29, 1.82) is 0 Å². The zero-order valence-corrected chi connectivity index (χ0v) is 22.5. The Hall–Kier alpha value is -3.60. The summed E-state index contributed by atoms with van der Waals surface area (Å²) in [6.45, 7) is 9.35. The van der Waals surface area contributed by atoms with Gasteiger partial charge in [0.2, 0.25) is 11.9 Å². The first kappa shape index (κ1) is 27.4. The van der Waals surface area contributed by atoms with E-state index in [1.54, 1.807) is 36.7 Å². The van der Waals surface area contributed by atoms with Gasteiger partial charge in [-0.15, -0.1) is 0 Å². The van der Waals surface area contributed by atoms with Crippen LogP contribution in [0.2, 0.25) is 5.15 Å². The normalized spacial score (nSPS) is 14.7. The number of benzene rings is 1. The minimum Gasteiger partial charge on any atom is -0.459 e. The van der Waals surface area contributed by atoms with Gasteiger partial charge in [-0.05, 0) is 62.7 Å². The Morgan fingerprint density at radius 3 is 2.45 bits per heavy atom. The molecule has 3 N–H and O–H groups in total. The zero-order chi connectivity index (χ0) is 27.3. The van der Waals surface area contributed by atoms with Gasteiger partial charge in [0.05, 0.1) is 12.2 Å². The fraction of sp³-hybridized carbons (Fsp3) is 0.370. The molecule has 200 valence electrons. The highest BCUT2D eigenvalue weighted by Crippen LogP contribution is 2.23. The van der Waals surface area contributed by atoms with Gasteiger partial charge >= 0.3 is 5.97 Å². The summed E-state index contributed by atoms with van der Waals surface area (Å²) < 4.78 is 5.43. The molecule has 11 heteroatoms. The molecule has 38 heavy (non-hydrogen) atoms. The molecule has 3 aromatic rings. The Bertz CT molecular complexity index is 1290. The number of hydrogen-bond acceptors (Lipinski definition) is 9. The summed E-state index contributed by atoms with van der Waals surface area (Å²) in [5.41, 5.74) is 8.69. The predicted molar refractivity (Wildman–Crippen MR) is 146 cm³/mol. The zero-order valence-electron chi connectivity index (χ0n) is 21.8. The third-order valence-electron chi connectivity index (χ3n) is 5.94. The van der Waals surface area contributed by atoms with Crippen molar-refractivity contribution in [2.75, 3.05) is 38.0 Å². The summed E-state index contributed by atoms with van der Waals surface area (Å²) >= 11 is 5.89. The van der Waals surface area contributed by atoms with Gasteiger partial charge in [0.25, 0.3) is 0 Å². The molecule has 0 atom stereocenters. The molecule has 0 radical (unpaired) electrons. The minimum atomic E-state index is -0.497. The SMILES string of the molecule is CC(C)(C)OC(=O)CN1CCN(Cc2cc(Nc3nccc(-c4ccc(Cl)nc4)n3)ccc2C(N)=O)CC1. The number of nitrogens with one attached hydrogen (secondary N) is 1. The number of nitrogens with two attached hydrogens (primary N) is 1. The van der Waals surface area contributed by atoms with Crippen molar-refractivity contribution in [1.82, 2.24) is 24.8 Å². The maximum atomic E-state index is 12.2. The number of halogens is 1. The highest BCUT2D eigenvalue weighted by atomic mass is 35.5. The summed E-state index contributed by atoms with van der Waals surface area (Å²) in [7, 11) is 0.